The van der Waals surface area contributed by atoms with Crippen molar-refractivity contribution in [1.29, 1.82) is 0 Å². The fourth-order valence-corrected chi connectivity index (χ4v) is 2.66. The van der Waals surface area contributed by atoms with Crippen molar-refractivity contribution in [3.05, 3.63) is 72.1 Å². The minimum atomic E-state index is -0.438. The zero-order chi connectivity index (χ0) is 19.8. The number of benzene rings is 2. The van der Waals surface area contributed by atoms with Gasteiger partial charge in [-0.1, -0.05) is 30.3 Å². The van der Waals surface area contributed by atoms with Crippen molar-refractivity contribution in [1.82, 2.24) is 15.7 Å². The topological polar surface area (TPSA) is 92.7 Å². The highest BCUT2D eigenvalue weighted by atomic mass is 16.5. The molecule has 7 nitrogen and oxygen atoms in total. The number of amides is 2. The first kappa shape index (κ1) is 19.0. The van der Waals surface area contributed by atoms with E-state index in [1.165, 1.54) is 6.20 Å². The summed E-state index contributed by atoms with van der Waals surface area (Å²) in [5.41, 5.74) is 3.58. The molecule has 7 heteroatoms. The van der Waals surface area contributed by atoms with Gasteiger partial charge in [-0.15, -0.1) is 0 Å². The highest BCUT2D eigenvalue weighted by Crippen LogP contribution is 2.26. The molecule has 142 valence electrons. The summed E-state index contributed by atoms with van der Waals surface area (Å²) in [6.45, 7) is 2.23. The molecule has 2 aromatic carbocycles. The number of ether oxygens (including phenoxy) is 1. The Labute approximate surface area is 162 Å². The molecule has 0 atom stereocenters. The van der Waals surface area contributed by atoms with Crippen LogP contribution in [-0.4, -0.2) is 36.2 Å². The van der Waals surface area contributed by atoms with Crippen LogP contribution in [0.2, 0.25) is 0 Å². The van der Waals surface area contributed by atoms with Crippen molar-refractivity contribution in [2.45, 2.75) is 6.92 Å². The normalized spacial score (nSPS) is 10.8. The Morgan fingerprint density at radius 3 is 2.79 bits per heavy atom. The van der Waals surface area contributed by atoms with Crippen LogP contribution in [0.3, 0.4) is 0 Å². The van der Waals surface area contributed by atoms with Crippen LogP contribution in [0.1, 0.15) is 22.8 Å². The van der Waals surface area contributed by atoms with Gasteiger partial charge in [0.1, 0.15) is 5.75 Å². The number of aromatic nitrogens is 1. The number of nitrogens with zero attached hydrogens (tertiary/aromatic N) is 2. The predicted molar refractivity (Wildman–Crippen MR) is 107 cm³/mol. The molecule has 0 aliphatic rings. The van der Waals surface area contributed by atoms with Gasteiger partial charge in [0.25, 0.3) is 11.8 Å². The Bertz CT molecular complexity index is 1000. The Balaban J connectivity index is 1.64. The molecule has 0 aliphatic carbocycles. The average molecular weight is 376 g/mol. The van der Waals surface area contributed by atoms with E-state index in [2.05, 4.69) is 20.8 Å². The summed E-state index contributed by atoms with van der Waals surface area (Å²) < 4.78 is 5.66. The summed E-state index contributed by atoms with van der Waals surface area (Å²) >= 11 is 0. The third-order valence-electron chi connectivity index (χ3n) is 3.95. The number of carbonyl (C=O) groups excluding carboxylic acids is 2. The van der Waals surface area contributed by atoms with Gasteiger partial charge in [0.05, 0.1) is 24.9 Å². The second-order valence-corrected chi connectivity index (χ2v) is 5.85. The molecule has 0 fully saturated rings. The lowest BCUT2D eigenvalue weighted by atomic mass is 10.0. The largest absolute Gasteiger partial charge is 0.493 e. The van der Waals surface area contributed by atoms with Crippen LogP contribution in [0.25, 0.3) is 10.8 Å². The highest BCUT2D eigenvalue weighted by molar-refractivity contribution is 6.03. The molecule has 0 spiro atoms. The summed E-state index contributed by atoms with van der Waals surface area (Å²) in [4.78, 5) is 27.7. The number of nitrogens with one attached hydrogen (secondary N) is 2. The van der Waals surface area contributed by atoms with E-state index in [0.29, 0.717) is 17.9 Å². The summed E-state index contributed by atoms with van der Waals surface area (Å²) in [6.07, 6.45) is 4.55. The third kappa shape index (κ3) is 4.70. The molecule has 0 bridgehead atoms. The van der Waals surface area contributed by atoms with Gasteiger partial charge in [-0.3, -0.25) is 14.6 Å². The Kier molecular flexibility index (Phi) is 6.30. The Morgan fingerprint density at radius 2 is 2.00 bits per heavy atom. The summed E-state index contributed by atoms with van der Waals surface area (Å²) in [5.74, 6) is -0.129. The molecule has 0 unspecified atom stereocenters. The average Bonchev–Trinajstić information content (AvgIpc) is 2.74. The molecule has 1 aromatic heterocycles. The lowest BCUT2D eigenvalue weighted by Crippen LogP contribution is -2.34. The first-order valence-corrected chi connectivity index (χ1v) is 8.83. The van der Waals surface area contributed by atoms with Crippen LogP contribution >= 0.6 is 0 Å². The Morgan fingerprint density at radius 1 is 1.14 bits per heavy atom. The van der Waals surface area contributed by atoms with E-state index in [4.69, 9.17) is 4.74 Å². The van der Waals surface area contributed by atoms with E-state index < -0.39 is 5.91 Å². The van der Waals surface area contributed by atoms with Gasteiger partial charge in [-0.25, -0.2) is 5.43 Å². The number of fused-ring (bicyclic) bond motifs is 1. The molecule has 3 rings (SSSR count). The molecule has 28 heavy (non-hydrogen) atoms. The number of pyridine rings is 1. The van der Waals surface area contributed by atoms with Gasteiger partial charge in [0.2, 0.25) is 0 Å². The van der Waals surface area contributed by atoms with Gasteiger partial charge in [-0.05, 0) is 35.9 Å². The highest BCUT2D eigenvalue weighted by Gasteiger charge is 2.09. The first-order chi connectivity index (χ1) is 13.7. The second-order valence-electron chi connectivity index (χ2n) is 5.85. The van der Waals surface area contributed by atoms with Crippen LogP contribution in [0, 0.1) is 0 Å². The minimum Gasteiger partial charge on any atom is -0.493 e. The molecule has 0 saturated carbocycles. The number of hydrazone groups is 1. The number of hydrogen-bond donors (Lipinski definition) is 2. The van der Waals surface area contributed by atoms with Gasteiger partial charge >= 0.3 is 0 Å². The monoisotopic (exact) mass is 376 g/mol. The second kappa shape index (κ2) is 9.27. The predicted octanol–water partition coefficient (Wildman–Crippen LogP) is 2.51. The van der Waals surface area contributed by atoms with E-state index >= 15 is 0 Å². The molecule has 0 aliphatic heterocycles. The van der Waals surface area contributed by atoms with Crippen LogP contribution < -0.4 is 15.5 Å². The Hall–Kier alpha value is -3.74. The fourth-order valence-electron chi connectivity index (χ4n) is 2.66. The van der Waals surface area contributed by atoms with E-state index in [9.17, 15) is 9.59 Å². The SMILES string of the molecule is CCOc1ccc2ccccc2c1C=NNC(=O)CNC(=O)c1cccnc1. The van der Waals surface area contributed by atoms with Gasteiger partial charge in [0.15, 0.2) is 0 Å². The molecule has 0 saturated heterocycles. The zero-order valence-corrected chi connectivity index (χ0v) is 15.4. The van der Waals surface area contributed by atoms with Crippen LogP contribution in [0.4, 0.5) is 0 Å². The summed E-state index contributed by atoms with van der Waals surface area (Å²) in [5, 5.41) is 8.55. The number of rotatable bonds is 7. The number of hydrogen-bond acceptors (Lipinski definition) is 5. The van der Waals surface area contributed by atoms with E-state index in [1.807, 2.05) is 43.3 Å². The quantitative estimate of drug-likeness (QED) is 0.489. The zero-order valence-electron chi connectivity index (χ0n) is 15.4. The smallest absolute Gasteiger partial charge is 0.259 e. The maximum atomic E-state index is 12.0. The van der Waals surface area contributed by atoms with Crippen LogP contribution in [-0.2, 0) is 4.79 Å². The lowest BCUT2D eigenvalue weighted by molar-refractivity contribution is -0.120. The van der Waals surface area contributed by atoms with E-state index in [-0.39, 0.29) is 12.5 Å². The van der Waals surface area contributed by atoms with Gasteiger partial charge in [0, 0.05) is 18.0 Å². The van der Waals surface area contributed by atoms with Gasteiger partial charge in [-0.2, -0.15) is 5.10 Å². The minimum absolute atomic E-state index is 0.196. The molecular weight excluding hydrogens is 356 g/mol. The maximum Gasteiger partial charge on any atom is 0.259 e. The number of carbonyl (C=O) groups is 2. The van der Waals surface area contributed by atoms with E-state index in [1.54, 1.807) is 24.5 Å². The van der Waals surface area contributed by atoms with Crippen LogP contribution in [0.15, 0.2) is 66.0 Å². The molecule has 1 heterocycles. The van der Waals surface area contributed by atoms with Crippen molar-refractivity contribution in [2.75, 3.05) is 13.2 Å². The maximum absolute atomic E-state index is 12.0. The third-order valence-corrected chi connectivity index (χ3v) is 3.95. The van der Waals surface area contributed by atoms with E-state index in [0.717, 1.165) is 16.3 Å². The molecule has 2 amide bonds. The summed E-state index contributed by atoms with van der Waals surface area (Å²) in [6, 6.07) is 15.0. The van der Waals surface area contributed by atoms with Crippen molar-refractivity contribution in [2.24, 2.45) is 5.10 Å². The van der Waals surface area contributed by atoms with Crippen LogP contribution in [0.5, 0.6) is 5.75 Å². The lowest BCUT2D eigenvalue weighted by Gasteiger charge is -2.10. The van der Waals surface area contributed by atoms with Crippen molar-refractivity contribution in [3.8, 4) is 5.75 Å². The summed E-state index contributed by atoms with van der Waals surface area (Å²) in [7, 11) is 0. The van der Waals surface area contributed by atoms with Crippen molar-refractivity contribution >= 4 is 28.8 Å². The molecular formula is C21H20N4O3. The fraction of sp³-hybridized carbons (Fsp3) is 0.143. The molecule has 3 aromatic rings. The first-order valence-electron chi connectivity index (χ1n) is 8.83. The van der Waals surface area contributed by atoms with Crippen molar-refractivity contribution in [3.63, 3.8) is 0 Å². The molecule has 2 N–H and O–H groups in total. The molecule has 0 radical (unpaired) electrons. The van der Waals surface area contributed by atoms with Crippen molar-refractivity contribution < 1.29 is 14.3 Å². The standard InChI is InChI=1S/C21H20N4O3/c1-2-28-19-10-9-15-6-3-4-8-17(15)18(19)13-24-25-20(26)14-23-21(27)16-7-5-11-22-12-16/h3-13H,2,14H2,1H3,(H,23,27)(H,25,26). The van der Waals surface area contributed by atoms with Gasteiger partial charge < -0.3 is 10.1 Å².